The number of nitrogens with one attached hydrogen (secondary N) is 1. The van der Waals surface area contributed by atoms with E-state index in [0.29, 0.717) is 11.3 Å². The first kappa shape index (κ1) is 8.50. The lowest BCUT2D eigenvalue weighted by Gasteiger charge is -1.97. The van der Waals surface area contributed by atoms with Crippen LogP contribution in [0.25, 0.3) is 6.08 Å². The highest BCUT2D eigenvalue weighted by Crippen LogP contribution is 2.19. The Morgan fingerprint density at radius 2 is 2.14 bits per heavy atom. The molecule has 1 amide bonds. The third-order valence-electron chi connectivity index (χ3n) is 1.86. The summed E-state index contributed by atoms with van der Waals surface area (Å²) in [7, 11) is 0. The van der Waals surface area contributed by atoms with Crippen molar-refractivity contribution in [1.82, 2.24) is 5.32 Å². The molecule has 2 rings (SSSR count). The average Bonchev–Trinajstić information content (AvgIpc) is 2.56. The number of carbonyl (C=O) groups excluding carboxylic acids is 1. The molecule has 4 nitrogen and oxygen atoms in total. The SMILES string of the molecule is O=C1NC=NC1=Cc1ccccc1O. The smallest absolute Gasteiger partial charge is 0.275 e. The molecular formula is C10H8N2O2. The highest BCUT2D eigenvalue weighted by Gasteiger charge is 2.12. The first-order chi connectivity index (χ1) is 6.77. The van der Waals surface area contributed by atoms with E-state index in [0.717, 1.165) is 0 Å². The summed E-state index contributed by atoms with van der Waals surface area (Å²) in [6.45, 7) is 0. The number of aromatic hydroxyl groups is 1. The van der Waals surface area contributed by atoms with Crippen molar-refractivity contribution in [2.75, 3.05) is 0 Å². The fourth-order valence-electron chi connectivity index (χ4n) is 1.15. The van der Waals surface area contributed by atoms with Gasteiger partial charge in [-0.3, -0.25) is 4.79 Å². The molecule has 0 fully saturated rings. The third kappa shape index (κ3) is 1.50. The van der Waals surface area contributed by atoms with Gasteiger partial charge in [-0.05, 0) is 12.1 Å². The molecule has 70 valence electrons. The summed E-state index contributed by atoms with van der Waals surface area (Å²) >= 11 is 0. The number of benzene rings is 1. The summed E-state index contributed by atoms with van der Waals surface area (Å²) in [4.78, 5) is 14.9. The molecule has 0 spiro atoms. The molecule has 0 aromatic heterocycles. The van der Waals surface area contributed by atoms with Crippen molar-refractivity contribution in [3.8, 4) is 5.75 Å². The van der Waals surface area contributed by atoms with Crippen molar-refractivity contribution < 1.29 is 9.90 Å². The van der Waals surface area contributed by atoms with E-state index < -0.39 is 0 Å². The fourth-order valence-corrected chi connectivity index (χ4v) is 1.15. The van der Waals surface area contributed by atoms with Crippen LogP contribution in [0.15, 0.2) is 35.0 Å². The van der Waals surface area contributed by atoms with E-state index in [1.165, 1.54) is 12.4 Å². The third-order valence-corrected chi connectivity index (χ3v) is 1.86. The molecular weight excluding hydrogens is 180 g/mol. The largest absolute Gasteiger partial charge is 0.507 e. The fraction of sp³-hybridized carbons (Fsp3) is 0. The van der Waals surface area contributed by atoms with E-state index in [1.54, 1.807) is 24.3 Å². The van der Waals surface area contributed by atoms with Crippen molar-refractivity contribution in [2.45, 2.75) is 0 Å². The van der Waals surface area contributed by atoms with Gasteiger partial charge in [0.2, 0.25) is 0 Å². The minimum Gasteiger partial charge on any atom is -0.507 e. The maximum atomic E-state index is 11.1. The predicted molar refractivity (Wildman–Crippen MR) is 52.7 cm³/mol. The molecule has 4 heteroatoms. The normalized spacial score (nSPS) is 17.4. The number of hydrogen-bond donors (Lipinski definition) is 2. The molecule has 1 aliphatic heterocycles. The number of phenols is 1. The van der Waals surface area contributed by atoms with Crippen LogP contribution >= 0.6 is 0 Å². The number of rotatable bonds is 1. The summed E-state index contributed by atoms with van der Waals surface area (Å²) in [5, 5.41) is 11.9. The monoisotopic (exact) mass is 188 g/mol. The quantitative estimate of drug-likeness (QED) is 0.643. The first-order valence-corrected chi connectivity index (χ1v) is 4.10. The molecule has 14 heavy (non-hydrogen) atoms. The lowest BCUT2D eigenvalue weighted by molar-refractivity contribution is -0.115. The summed E-state index contributed by atoms with van der Waals surface area (Å²) in [6, 6.07) is 6.77. The summed E-state index contributed by atoms with van der Waals surface area (Å²) < 4.78 is 0. The second-order valence-corrected chi connectivity index (χ2v) is 2.82. The van der Waals surface area contributed by atoms with Gasteiger partial charge in [-0.25, -0.2) is 4.99 Å². The number of para-hydroxylation sites is 1. The number of aliphatic imine (C=N–C) groups is 1. The Hall–Kier alpha value is -2.10. The molecule has 1 aromatic carbocycles. The van der Waals surface area contributed by atoms with Crippen LogP contribution in [-0.4, -0.2) is 17.4 Å². The van der Waals surface area contributed by atoms with E-state index in [2.05, 4.69) is 10.3 Å². The molecule has 0 bridgehead atoms. The summed E-state index contributed by atoms with van der Waals surface area (Å²) in [5.74, 6) is -0.122. The topological polar surface area (TPSA) is 61.7 Å². The van der Waals surface area contributed by atoms with Gasteiger partial charge in [-0.1, -0.05) is 18.2 Å². The van der Waals surface area contributed by atoms with Crippen molar-refractivity contribution in [2.24, 2.45) is 4.99 Å². The average molecular weight is 188 g/mol. The Balaban J connectivity index is 2.38. The molecule has 1 heterocycles. The van der Waals surface area contributed by atoms with Crippen molar-refractivity contribution in [1.29, 1.82) is 0 Å². The van der Waals surface area contributed by atoms with Crippen LogP contribution in [-0.2, 0) is 4.79 Å². The number of hydrogen-bond acceptors (Lipinski definition) is 3. The van der Waals surface area contributed by atoms with Crippen molar-refractivity contribution >= 4 is 18.3 Å². The summed E-state index contributed by atoms with van der Waals surface area (Å²) in [6.07, 6.45) is 2.86. The zero-order valence-corrected chi connectivity index (χ0v) is 7.27. The highest BCUT2D eigenvalue weighted by atomic mass is 16.3. The van der Waals surface area contributed by atoms with Gasteiger partial charge in [0, 0.05) is 5.56 Å². The Morgan fingerprint density at radius 1 is 1.36 bits per heavy atom. The molecule has 2 N–H and O–H groups in total. The molecule has 1 aromatic rings. The number of nitrogens with zero attached hydrogens (tertiary/aromatic N) is 1. The van der Waals surface area contributed by atoms with Gasteiger partial charge in [-0.15, -0.1) is 0 Å². The minimum atomic E-state index is -0.256. The van der Waals surface area contributed by atoms with E-state index in [9.17, 15) is 9.90 Å². The molecule has 1 aliphatic rings. The maximum absolute atomic E-state index is 11.1. The maximum Gasteiger partial charge on any atom is 0.275 e. The Bertz CT molecular complexity index is 436. The first-order valence-electron chi connectivity index (χ1n) is 4.10. The van der Waals surface area contributed by atoms with Gasteiger partial charge < -0.3 is 10.4 Å². The van der Waals surface area contributed by atoms with E-state index in [-0.39, 0.29) is 11.7 Å². The highest BCUT2D eigenvalue weighted by molar-refractivity contribution is 6.08. The molecule has 0 aliphatic carbocycles. The molecule has 0 saturated heterocycles. The minimum absolute atomic E-state index is 0.134. The van der Waals surface area contributed by atoms with Crippen LogP contribution in [0.1, 0.15) is 5.56 Å². The van der Waals surface area contributed by atoms with Crippen LogP contribution in [0.5, 0.6) is 5.75 Å². The Kier molecular flexibility index (Phi) is 2.02. The molecule has 0 saturated carbocycles. The molecule has 0 atom stereocenters. The lowest BCUT2D eigenvalue weighted by atomic mass is 10.1. The van der Waals surface area contributed by atoms with Crippen molar-refractivity contribution in [3.05, 3.63) is 35.5 Å². The van der Waals surface area contributed by atoms with Gasteiger partial charge in [-0.2, -0.15) is 0 Å². The van der Waals surface area contributed by atoms with Crippen LogP contribution in [0.4, 0.5) is 0 Å². The number of amides is 1. The van der Waals surface area contributed by atoms with Crippen LogP contribution in [0, 0.1) is 0 Å². The lowest BCUT2D eigenvalue weighted by Crippen LogP contribution is -2.14. The van der Waals surface area contributed by atoms with Crippen LogP contribution in [0.2, 0.25) is 0 Å². The van der Waals surface area contributed by atoms with Crippen LogP contribution < -0.4 is 5.32 Å². The van der Waals surface area contributed by atoms with Gasteiger partial charge in [0.15, 0.2) is 0 Å². The molecule has 0 unspecified atom stereocenters. The number of carbonyl (C=O) groups is 1. The Morgan fingerprint density at radius 3 is 2.79 bits per heavy atom. The standard InChI is InChI=1S/C10H8N2O2/c13-9-4-2-1-3-7(9)5-8-10(14)12-6-11-8/h1-6,13H,(H,11,12,14). The second kappa shape index (κ2) is 3.33. The second-order valence-electron chi connectivity index (χ2n) is 2.82. The van der Waals surface area contributed by atoms with Gasteiger partial charge in [0.05, 0.1) is 6.34 Å². The Labute approximate surface area is 80.6 Å². The van der Waals surface area contributed by atoms with Crippen molar-refractivity contribution in [3.63, 3.8) is 0 Å². The zero-order valence-electron chi connectivity index (χ0n) is 7.27. The van der Waals surface area contributed by atoms with Gasteiger partial charge >= 0.3 is 0 Å². The van der Waals surface area contributed by atoms with Crippen LogP contribution in [0.3, 0.4) is 0 Å². The van der Waals surface area contributed by atoms with E-state index in [1.807, 2.05) is 0 Å². The van der Waals surface area contributed by atoms with E-state index >= 15 is 0 Å². The van der Waals surface area contributed by atoms with E-state index in [4.69, 9.17) is 0 Å². The molecule has 0 radical (unpaired) electrons. The van der Waals surface area contributed by atoms with Gasteiger partial charge in [0.1, 0.15) is 11.4 Å². The van der Waals surface area contributed by atoms with Gasteiger partial charge in [0.25, 0.3) is 5.91 Å². The number of phenolic OH excluding ortho intramolecular Hbond substituents is 1. The predicted octanol–water partition coefficient (Wildman–Crippen LogP) is 0.891. The zero-order chi connectivity index (χ0) is 9.97. The summed E-state index contributed by atoms with van der Waals surface area (Å²) in [5.41, 5.74) is 0.878.